The Bertz CT molecular complexity index is 500. The Morgan fingerprint density at radius 2 is 2.40 bits per heavy atom. The van der Waals surface area contributed by atoms with Gasteiger partial charge in [0.05, 0.1) is 6.07 Å². The van der Waals surface area contributed by atoms with E-state index in [0.717, 1.165) is 25.8 Å². The van der Waals surface area contributed by atoms with Crippen LogP contribution in [0.4, 0.5) is 0 Å². The number of hydrogen-bond acceptors (Lipinski definition) is 3. The van der Waals surface area contributed by atoms with Crippen LogP contribution >= 0.6 is 0 Å². The normalized spacial score (nSPS) is 17.3. The van der Waals surface area contributed by atoms with Gasteiger partial charge < -0.3 is 15.2 Å². The molecule has 5 nitrogen and oxygen atoms in total. The highest BCUT2D eigenvalue weighted by Crippen LogP contribution is 2.30. The molecule has 2 rings (SSSR count). The van der Waals surface area contributed by atoms with E-state index in [-0.39, 0.29) is 19.0 Å². The molecule has 1 atom stereocenters. The summed E-state index contributed by atoms with van der Waals surface area (Å²) in [6, 6.07) is 2.33. The molecule has 1 aromatic rings. The van der Waals surface area contributed by atoms with Gasteiger partial charge in [-0.25, -0.2) is 0 Å². The minimum atomic E-state index is -0.114. The molecule has 0 radical (unpaired) electrons. The third kappa shape index (κ3) is 3.61. The first-order chi connectivity index (χ1) is 9.74. The summed E-state index contributed by atoms with van der Waals surface area (Å²) in [5, 5.41) is 14.6. The molecular formula is C15H22N4O. The highest BCUT2D eigenvalue weighted by Gasteiger charge is 2.21. The molecule has 108 valence electrons. The average molecular weight is 274 g/mol. The lowest BCUT2D eigenvalue weighted by Crippen LogP contribution is -2.27. The molecule has 0 bridgehead atoms. The molecule has 1 aromatic heterocycles. The standard InChI is InChI=1S/C15H22N4O/c1-2-7-17-14-5-3-4-12-9-19(10-13(12)14)11-15(20)18-8-6-16/h9-10,14,17H,2-5,7-8,11H2,1H3,(H,18,20). The summed E-state index contributed by atoms with van der Waals surface area (Å²) in [6.45, 7) is 3.55. The van der Waals surface area contributed by atoms with Gasteiger partial charge in [0.2, 0.25) is 5.91 Å². The van der Waals surface area contributed by atoms with E-state index in [9.17, 15) is 4.79 Å². The number of nitrogens with one attached hydrogen (secondary N) is 2. The lowest BCUT2D eigenvalue weighted by molar-refractivity contribution is -0.121. The molecule has 1 aliphatic carbocycles. The molecule has 5 heteroatoms. The zero-order valence-electron chi connectivity index (χ0n) is 12.0. The van der Waals surface area contributed by atoms with Crippen LogP contribution < -0.4 is 10.6 Å². The van der Waals surface area contributed by atoms with Gasteiger partial charge >= 0.3 is 0 Å². The SMILES string of the molecule is CCCNC1CCCc2cn(CC(=O)NCC#N)cc21. The Morgan fingerprint density at radius 3 is 3.15 bits per heavy atom. The number of carbonyl (C=O) groups excluding carboxylic acids is 1. The Hall–Kier alpha value is -1.80. The number of carbonyl (C=O) groups is 1. The summed E-state index contributed by atoms with van der Waals surface area (Å²) in [5.74, 6) is -0.114. The van der Waals surface area contributed by atoms with Crippen molar-refractivity contribution in [2.24, 2.45) is 0 Å². The fraction of sp³-hybridized carbons (Fsp3) is 0.600. The fourth-order valence-corrected chi connectivity index (χ4v) is 2.73. The minimum absolute atomic E-state index is 0.0699. The molecule has 0 aliphatic heterocycles. The second-order valence-corrected chi connectivity index (χ2v) is 5.24. The molecular weight excluding hydrogens is 252 g/mol. The van der Waals surface area contributed by atoms with Crippen molar-refractivity contribution >= 4 is 5.91 Å². The summed E-state index contributed by atoms with van der Waals surface area (Å²) >= 11 is 0. The van der Waals surface area contributed by atoms with E-state index < -0.39 is 0 Å². The molecule has 0 aromatic carbocycles. The van der Waals surface area contributed by atoms with Gasteiger partial charge in [-0.1, -0.05) is 6.92 Å². The molecule has 0 saturated carbocycles. The maximum Gasteiger partial charge on any atom is 0.240 e. The number of amides is 1. The van der Waals surface area contributed by atoms with E-state index in [0.29, 0.717) is 6.04 Å². The third-order valence-electron chi connectivity index (χ3n) is 3.64. The zero-order valence-corrected chi connectivity index (χ0v) is 12.0. The number of fused-ring (bicyclic) bond motifs is 1. The molecule has 1 unspecified atom stereocenters. The molecule has 0 fully saturated rings. The van der Waals surface area contributed by atoms with Gasteiger partial charge in [-0.3, -0.25) is 4.79 Å². The Balaban J connectivity index is 2.02. The predicted molar refractivity (Wildman–Crippen MR) is 77.0 cm³/mol. The Morgan fingerprint density at radius 1 is 1.55 bits per heavy atom. The number of rotatable bonds is 6. The second kappa shape index (κ2) is 7.11. The van der Waals surface area contributed by atoms with E-state index in [1.54, 1.807) is 0 Å². The summed E-state index contributed by atoms with van der Waals surface area (Å²) in [7, 11) is 0. The van der Waals surface area contributed by atoms with Crippen LogP contribution in [0.5, 0.6) is 0 Å². The van der Waals surface area contributed by atoms with Crippen LogP contribution in [-0.2, 0) is 17.8 Å². The van der Waals surface area contributed by atoms with Gasteiger partial charge in [-0.2, -0.15) is 5.26 Å². The van der Waals surface area contributed by atoms with Crippen molar-refractivity contribution in [1.29, 1.82) is 5.26 Å². The van der Waals surface area contributed by atoms with Crippen molar-refractivity contribution in [2.75, 3.05) is 13.1 Å². The molecule has 1 heterocycles. The molecule has 0 spiro atoms. The summed E-state index contributed by atoms with van der Waals surface area (Å²) < 4.78 is 1.93. The van der Waals surface area contributed by atoms with E-state index in [4.69, 9.17) is 5.26 Å². The van der Waals surface area contributed by atoms with Crippen molar-refractivity contribution in [1.82, 2.24) is 15.2 Å². The van der Waals surface area contributed by atoms with Crippen molar-refractivity contribution in [3.8, 4) is 6.07 Å². The lowest BCUT2D eigenvalue weighted by Gasteiger charge is -2.23. The van der Waals surface area contributed by atoms with E-state index >= 15 is 0 Å². The number of nitrogens with zero attached hydrogens (tertiary/aromatic N) is 2. The van der Waals surface area contributed by atoms with E-state index in [1.807, 2.05) is 10.6 Å². The molecule has 1 aliphatic rings. The smallest absolute Gasteiger partial charge is 0.240 e. The van der Waals surface area contributed by atoms with Gasteiger partial charge in [0.1, 0.15) is 13.1 Å². The van der Waals surface area contributed by atoms with Gasteiger partial charge in [0.15, 0.2) is 0 Å². The first-order valence-corrected chi connectivity index (χ1v) is 7.30. The minimum Gasteiger partial charge on any atom is -0.344 e. The number of aryl methyl sites for hydroxylation is 1. The first-order valence-electron chi connectivity index (χ1n) is 7.30. The van der Waals surface area contributed by atoms with Crippen LogP contribution in [0.2, 0.25) is 0 Å². The van der Waals surface area contributed by atoms with Crippen molar-refractivity contribution in [3.63, 3.8) is 0 Å². The van der Waals surface area contributed by atoms with E-state index in [2.05, 4.69) is 30.0 Å². The highest BCUT2D eigenvalue weighted by atomic mass is 16.1. The van der Waals surface area contributed by atoms with Crippen LogP contribution in [0.3, 0.4) is 0 Å². The average Bonchev–Trinajstić information content (AvgIpc) is 2.85. The van der Waals surface area contributed by atoms with Crippen LogP contribution in [0, 0.1) is 11.3 Å². The quantitative estimate of drug-likeness (QED) is 0.772. The van der Waals surface area contributed by atoms with Gasteiger partial charge in [0.25, 0.3) is 0 Å². The van der Waals surface area contributed by atoms with Crippen LogP contribution in [-0.4, -0.2) is 23.6 Å². The number of nitriles is 1. The predicted octanol–water partition coefficient (Wildman–Crippen LogP) is 1.50. The second-order valence-electron chi connectivity index (χ2n) is 5.24. The summed E-state index contributed by atoms with van der Waals surface area (Å²) in [6.07, 6.45) is 8.72. The van der Waals surface area contributed by atoms with Crippen LogP contribution in [0.15, 0.2) is 12.4 Å². The first kappa shape index (κ1) is 14.6. The summed E-state index contributed by atoms with van der Waals surface area (Å²) in [5.41, 5.74) is 2.68. The molecule has 2 N–H and O–H groups in total. The Labute approximate surface area is 120 Å². The summed E-state index contributed by atoms with van der Waals surface area (Å²) in [4.78, 5) is 11.6. The molecule has 1 amide bonds. The fourth-order valence-electron chi connectivity index (χ4n) is 2.73. The van der Waals surface area contributed by atoms with Crippen LogP contribution in [0.1, 0.15) is 43.4 Å². The monoisotopic (exact) mass is 274 g/mol. The zero-order chi connectivity index (χ0) is 14.4. The highest BCUT2D eigenvalue weighted by molar-refractivity contribution is 5.76. The molecule has 0 saturated heterocycles. The van der Waals surface area contributed by atoms with Crippen molar-refractivity contribution in [2.45, 2.75) is 45.2 Å². The van der Waals surface area contributed by atoms with Crippen LogP contribution in [0.25, 0.3) is 0 Å². The topological polar surface area (TPSA) is 69.8 Å². The number of hydrogen-bond donors (Lipinski definition) is 2. The maximum absolute atomic E-state index is 11.6. The molecule has 20 heavy (non-hydrogen) atoms. The largest absolute Gasteiger partial charge is 0.344 e. The van der Waals surface area contributed by atoms with Crippen molar-refractivity contribution in [3.05, 3.63) is 23.5 Å². The van der Waals surface area contributed by atoms with E-state index in [1.165, 1.54) is 17.5 Å². The Kier molecular flexibility index (Phi) is 5.19. The van der Waals surface area contributed by atoms with Gasteiger partial charge in [-0.05, 0) is 43.4 Å². The van der Waals surface area contributed by atoms with Crippen molar-refractivity contribution < 1.29 is 4.79 Å². The van der Waals surface area contributed by atoms with Gasteiger partial charge in [0, 0.05) is 18.4 Å². The van der Waals surface area contributed by atoms with Gasteiger partial charge in [-0.15, -0.1) is 0 Å². The maximum atomic E-state index is 11.6. The lowest BCUT2D eigenvalue weighted by atomic mass is 9.91. The number of aromatic nitrogens is 1. The third-order valence-corrected chi connectivity index (χ3v) is 3.64.